The summed E-state index contributed by atoms with van der Waals surface area (Å²) in [4.78, 5) is 40.7. The van der Waals surface area contributed by atoms with E-state index in [0.717, 1.165) is 68.3 Å². The van der Waals surface area contributed by atoms with Gasteiger partial charge in [0.25, 0.3) is 5.91 Å². The lowest BCUT2D eigenvalue weighted by molar-refractivity contribution is -0.136. The van der Waals surface area contributed by atoms with Crippen molar-refractivity contribution in [3.8, 4) is 11.4 Å². The number of carbonyl (C=O) groups is 3. The van der Waals surface area contributed by atoms with Crippen LogP contribution in [0.1, 0.15) is 58.6 Å². The Labute approximate surface area is 238 Å². The predicted molar refractivity (Wildman–Crippen MR) is 149 cm³/mol. The first-order chi connectivity index (χ1) is 20.0. The molecule has 0 saturated carbocycles. The Balaban J connectivity index is 0.936. The molecule has 0 radical (unpaired) electrons. The minimum Gasteiger partial charge on any atom is -0.489 e. The van der Waals surface area contributed by atoms with Crippen LogP contribution in [0, 0.1) is 0 Å². The van der Waals surface area contributed by atoms with Crippen LogP contribution in [0.5, 0.6) is 5.75 Å². The number of rotatable bonds is 7. The van der Waals surface area contributed by atoms with Crippen molar-refractivity contribution < 1.29 is 23.9 Å². The van der Waals surface area contributed by atoms with Gasteiger partial charge in [-0.1, -0.05) is 12.1 Å². The third-order valence-corrected chi connectivity index (χ3v) is 8.63. The molecule has 3 atom stereocenters. The van der Waals surface area contributed by atoms with Crippen LogP contribution < -0.4 is 10.1 Å². The van der Waals surface area contributed by atoms with Crippen LogP contribution in [0.25, 0.3) is 5.69 Å². The molecular formula is C31H33N5O5. The number of hydrogen-bond acceptors (Lipinski definition) is 7. The van der Waals surface area contributed by atoms with E-state index in [9.17, 15) is 14.4 Å². The first-order valence-corrected chi connectivity index (χ1v) is 14.4. The van der Waals surface area contributed by atoms with Crippen LogP contribution in [0.3, 0.4) is 0 Å². The van der Waals surface area contributed by atoms with E-state index in [1.54, 1.807) is 11.0 Å². The molecule has 3 fully saturated rings. The summed E-state index contributed by atoms with van der Waals surface area (Å²) in [6.07, 6.45) is 6.67. The molecule has 4 aliphatic heterocycles. The Morgan fingerprint density at radius 2 is 1.93 bits per heavy atom. The second-order valence-corrected chi connectivity index (χ2v) is 11.4. The largest absolute Gasteiger partial charge is 0.489 e. The Bertz CT molecular complexity index is 1480. The summed E-state index contributed by atoms with van der Waals surface area (Å²) in [6.45, 7) is 4.54. The van der Waals surface area contributed by atoms with E-state index in [-0.39, 0.29) is 24.3 Å². The molecule has 3 amide bonds. The van der Waals surface area contributed by atoms with Gasteiger partial charge in [0.1, 0.15) is 17.9 Å². The third-order valence-electron chi connectivity index (χ3n) is 8.63. The molecule has 1 N–H and O–H groups in total. The molecule has 5 heterocycles. The van der Waals surface area contributed by atoms with E-state index in [1.165, 1.54) is 5.56 Å². The lowest BCUT2D eigenvalue weighted by Crippen LogP contribution is -2.52. The Morgan fingerprint density at radius 1 is 1.05 bits per heavy atom. The Hall–Kier alpha value is -4.02. The highest BCUT2D eigenvalue weighted by Gasteiger charge is 2.39. The van der Waals surface area contributed by atoms with Crippen molar-refractivity contribution in [2.24, 2.45) is 0 Å². The number of nitrogens with one attached hydrogen (secondary N) is 1. The third kappa shape index (κ3) is 5.25. The highest BCUT2D eigenvalue weighted by Crippen LogP contribution is 2.31. The van der Waals surface area contributed by atoms with Gasteiger partial charge in [-0.3, -0.25) is 24.6 Å². The number of piperidine rings is 1. The van der Waals surface area contributed by atoms with E-state index in [1.807, 2.05) is 23.0 Å². The maximum Gasteiger partial charge on any atom is 0.255 e. The standard InChI is InChI=1S/C31H33N5O5/c37-29-8-7-28(30(38)33-29)35-17-23-13-25(5-6-27(23)31(35)39)41-26-9-11-34(18-26)15-20-14-32-36(16-20)24-3-1-21(2-4-24)22-10-12-40-19-22/h1-6,13-14,16,22,26,28H,7-12,15,17-19H2,(H,33,37,38)/t22-,26?,28?/m0/s1. The summed E-state index contributed by atoms with van der Waals surface area (Å²) in [5, 5.41) is 6.94. The van der Waals surface area contributed by atoms with Gasteiger partial charge < -0.3 is 14.4 Å². The van der Waals surface area contributed by atoms with Crippen LogP contribution in [0.15, 0.2) is 54.9 Å². The molecule has 2 unspecified atom stereocenters. The van der Waals surface area contributed by atoms with Gasteiger partial charge in [0.2, 0.25) is 11.8 Å². The summed E-state index contributed by atoms with van der Waals surface area (Å²) < 4.78 is 13.8. The van der Waals surface area contributed by atoms with Crippen LogP contribution in [0.4, 0.5) is 0 Å². The van der Waals surface area contributed by atoms with E-state index >= 15 is 0 Å². The SMILES string of the molecule is O=C1CCC(N2Cc3cc(OC4CCN(Cc5cnn(-c6ccc([C@H]7CCOC7)cc6)c5)C4)ccc3C2=O)C(=O)N1. The molecule has 0 bridgehead atoms. The molecule has 10 heteroatoms. The zero-order valence-corrected chi connectivity index (χ0v) is 22.8. The lowest BCUT2D eigenvalue weighted by Gasteiger charge is -2.29. The van der Waals surface area contributed by atoms with Crippen molar-refractivity contribution in [3.63, 3.8) is 0 Å². The number of likely N-dealkylation sites (tertiary alicyclic amines) is 1. The van der Waals surface area contributed by atoms with Crippen molar-refractivity contribution in [2.45, 2.75) is 56.8 Å². The van der Waals surface area contributed by atoms with Gasteiger partial charge in [0, 0.05) is 62.4 Å². The fraction of sp³-hybridized carbons (Fsp3) is 0.419. The van der Waals surface area contributed by atoms with Crippen molar-refractivity contribution in [1.29, 1.82) is 0 Å². The molecule has 3 aromatic rings. The van der Waals surface area contributed by atoms with Gasteiger partial charge in [-0.15, -0.1) is 0 Å². The molecule has 0 spiro atoms. The maximum absolute atomic E-state index is 13.0. The summed E-state index contributed by atoms with van der Waals surface area (Å²) in [5.74, 6) is 0.366. The van der Waals surface area contributed by atoms with Gasteiger partial charge in [-0.05, 0) is 60.7 Å². The van der Waals surface area contributed by atoms with Crippen molar-refractivity contribution >= 4 is 17.7 Å². The topological polar surface area (TPSA) is 106 Å². The van der Waals surface area contributed by atoms with E-state index in [2.05, 4.69) is 45.8 Å². The number of nitrogens with zero attached hydrogens (tertiary/aromatic N) is 4. The van der Waals surface area contributed by atoms with Gasteiger partial charge in [0.15, 0.2) is 0 Å². The fourth-order valence-corrected chi connectivity index (χ4v) is 6.39. The number of amides is 3. The van der Waals surface area contributed by atoms with E-state index in [0.29, 0.717) is 24.4 Å². The number of fused-ring (bicyclic) bond motifs is 1. The predicted octanol–water partition coefficient (Wildman–Crippen LogP) is 2.79. The average Bonchev–Trinajstić information content (AvgIpc) is 3.78. The normalized spacial score (nSPS) is 24.6. The highest BCUT2D eigenvalue weighted by atomic mass is 16.5. The monoisotopic (exact) mass is 555 g/mol. The van der Waals surface area contributed by atoms with E-state index < -0.39 is 11.9 Å². The number of hydrogen-bond donors (Lipinski definition) is 1. The summed E-state index contributed by atoms with van der Waals surface area (Å²) >= 11 is 0. The lowest BCUT2D eigenvalue weighted by atomic mass is 9.98. The van der Waals surface area contributed by atoms with Gasteiger partial charge in [0.05, 0.1) is 18.5 Å². The minimum atomic E-state index is -0.615. The fourth-order valence-electron chi connectivity index (χ4n) is 6.39. The molecule has 3 saturated heterocycles. The number of aromatic nitrogens is 2. The average molecular weight is 556 g/mol. The van der Waals surface area contributed by atoms with Crippen LogP contribution >= 0.6 is 0 Å². The Morgan fingerprint density at radius 3 is 2.73 bits per heavy atom. The number of ether oxygens (including phenoxy) is 2. The Kier molecular flexibility index (Phi) is 6.80. The van der Waals surface area contributed by atoms with Gasteiger partial charge in [-0.2, -0.15) is 5.10 Å². The molecule has 2 aromatic carbocycles. The van der Waals surface area contributed by atoms with Crippen LogP contribution in [0.2, 0.25) is 0 Å². The molecule has 10 nitrogen and oxygen atoms in total. The molecule has 212 valence electrons. The molecule has 1 aromatic heterocycles. The van der Waals surface area contributed by atoms with Gasteiger partial charge >= 0.3 is 0 Å². The summed E-state index contributed by atoms with van der Waals surface area (Å²) in [6, 6.07) is 13.5. The highest BCUT2D eigenvalue weighted by molar-refractivity contribution is 6.05. The van der Waals surface area contributed by atoms with E-state index in [4.69, 9.17) is 9.47 Å². The van der Waals surface area contributed by atoms with Gasteiger partial charge in [-0.25, -0.2) is 4.68 Å². The van der Waals surface area contributed by atoms with Crippen LogP contribution in [-0.2, 0) is 27.4 Å². The summed E-state index contributed by atoms with van der Waals surface area (Å²) in [5.41, 5.74) is 4.97. The van der Waals surface area contributed by atoms with Crippen molar-refractivity contribution in [3.05, 3.63) is 77.1 Å². The maximum atomic E-state index is 13.0. The number of benzene rings is 2. The number of carbonyl (C=O) groups excluding carboxylic acids is 3. The first-order valence-electron chi connectivity index (χ1n) is 14.4. The second kappa shape index (κ2) is 10.8. The van der Waals surface area contributed by atoms with Crippen molar-refractivity contribution in [2.75, 3.05) is 26.3 Å². The zero-order chi connectivity index (χ0) is 27.9. The minimum absolute atomic E-state index is 0.0542. The molecule has 0 aliphatic carbocycles. The van der Waals surface area contributed by atoms with Crippen molar-refractivity contribution in [1.82, 2.24) is 24.9 Å². The smallest absolute Gasteiger partial charge is 0.255 e. The van der Waals surface area contributed by atoms with Crippen LogP contribution in [-0.4, -0.2) is 75.8 Å². The second-order valence-electron chi connectivity index (χ2n) is 11.4. The molecule has 7 rings (SSSR count). The summed E-state index contributed by atoms with van der Waals surface area (Å²) in [7, 11) is 0. The molecule has 41 heavy (non-hydrogen) atoms. The first kappa shape index (κ1) is 25.9. The quantitative estimate of drug-likeness (QED) is 0.447. The molecular weight excluding hydrogens is 522 g/mol. The molecule has 4 aliphatic rings. The zero-order valence-electron chi connectivity index (χ0n) is 22.8. The number of imide groups is 1.